The summed E-state index contributed by atoms with van der Waals surface area (Å²) in [4.78, 5) is 25.4. The maximum Gasteiger partial charge on any atom is 0.324 e. The SMILES string of the molecule is C=C/C=C/CC(C/C=C/CO[Si](C)(C)C(C)(C)C)(C(=O)OCC)C(=O)OCC. The van der Waals surface area contributed by atoms with Crippen molar-refractivity contribution in [3.05, 3.63) is 37.0 Å². The molecule has 0 amide bonds. The molecule has 0 aromatic carbocycles. The van der Waals surface area contributed by atoms with Gasteiger partial charge in [0.25, 0.3) is 0 Å². The second-order valence-corrected chi connectivity index (χ2v) is 12.9. The first-order valence-corrected chi connectivity index (χ1v) is 12.8. The average Bonchev–Trinajstić information content (AvgIpc) is 2.59. The standard InChI is InChI=1S/C22H38O5Si/c1-9-12-13-16-22(19(23)25-10-2,20(24)26-11-3)17-14-15-18-27-28(7,8)21(4,5)6/h9,12-15H,1,10-11,16-18H2,2-8H3/b13-12+,15-14+. The quantitative estimate of drug-likeness (QED) is 0.145. The highest BCUT2D eigenvalue weighted by Gasteiger charge is 2.47. The first-order valence-electron chi connectivity index (χ1n) is 9.89. The highest BCUT2D eigenvalue weighted by molar-refractivity contribution is 6.74. The van der Waals surface area contributed by atoms with Crippen molar-refractivity contribution in [3.63, 3.8) is 0 Å². The van der Waals surface area contributed by atoms with E-state index in [1.54, 1.807) is 32.1 Å². The molecule has 0 unspecified atom stereocenters. The van der Waals surface area contributed by atoms with Gasteiger partial charge < -0.3 is 13.9 Å². The third-order valence-electron chi connectivity index (χ3n) is 5.05. The Hall–Kier alpha value is -1.66. The summed E-state index contributed by atoms with van der Waals surface area (Å²) in [6.07, 6.45) is 9.09. The van der Waals surface area contributed by atoms with E-state index in [0.29, 0.717) is 6.61 Å². The lowest BCUT2D eigenvalue weighted by atomic mass is 9.80. The Bertz CT molecular complexity index is 552. The molecule has 0 radical (unpaired) electrons. The lowest BCUT2D eigenvalue weighted by Gasteiger charge is -2.35. The largest absolute Gasteiger partial charge is 0.465 e. The van der Waals surface area contributed by atoms with Crippen LogP contribution in [0.15, 0.2) is 37.0 Å². The molecule has 28 heavy (non-hydrogen) atoms. The Kier molecular flexibility index (Phi) is 11.3. The molecule has 5 nitrogen and oxygen atoms in total. The number of hydrogen-bond acceptors (Lipinski definition) is 5. The molecule has 0 aliphatic rings. The zero-order valence-electron chi connectivity index (χ0n) is 18.7. The van der Waals surface area contributed by atoms with Crippen LogP contribution in [0.25, 0.3) is 0 Å². The predicted molar refractivity (Wildman–Crippen MR) is 117 cm³/mol. The first-order chi connectivity index (χ1) is 13.0. The van der Waals surface area contributed by atoms with Gasteiger partial charge in [-0.2, -0.15) is 0 Å². The summed E-state index contributed by atoms with van der Waals surface area (Å²) in [7, 11) is -1.85. The van der Waals surface area contributed by atoms with Gasteiger partial charge in [-0.15, -0.1) is 0 Å². The molecule has 0 N–H and O–H groups in total. The number of esters is 2. The van der Waals surface area contributed by atoms with Crippen molar-refractivity contribution in [2.75, 3.05) is 19.8 Å². The van der Waals surface area contributed by atoms with Crippen LogP contribution in [-0.2, 0) is 23.5 Å². The van der Waals surface area contributed by atoms with E-state index >= 15 is 0 Å². The summed E-state index contributed by atoms with van der Waals surface area (Å²) in [5.41, 5.74) is -1.40. The molecule has 0 heterocycles. The molecule has 0 rings (SSSR count). The molecule has 0 saturated heterocycles. The molecule has 0 spiro atoms. The van der Waals surface area contributed by atoms with Crippen molar-refractivity contribution in [1.82, 2.24) is 0 Å². The Labute approximate surface area is 172 Å². The average molecular weight is 411 g/mol. The van der Waals surface area contributed by atoms with Crippen LogP contribution in [0.5, 0.6) is 0 Å². The van der Waals surface area contributed by atoms with Crippen LogP contribution in [0.4, 0.5) is 0 Å². The van der Waals surface area contributed by atoms with Crippen LogP contribution in [0.3, 0.4) is 0 Å². The van der Waals surface area contributed by atoms with Crippen molar-refractivity contribution in [3.8, 4) is 0 Å². The molecule has 160 valence electrons. The molecule has 0 fully saturated rings. The van der Waals surface area contributed by atoms with Gasteiger partial charge in [0.05, 0.1) is 19.8 Å². The molecule has 0 saturated carbocycles. The van der Waals surface area contributed by atoms with Crippen LogP contribution < -0.4 is 0 Å². The number of carbonyl (C=O) groups is 2. The zero-order valence-corrected chi connectivity index (χ0v) is 19.7. The van der Waals surface area contributed by atoms with E-state index in [1.807, 2.05) is 12.2 Å². The van der Waals surface area contributed by atoms with Crippen molar-refractivity contribution in [1.29, 1.82) is 0 Å². The van der Waals surface area contributed by atoms with Crippen molar-refractivity contribution in [2.24, 2.45) is 5.41 Å². The van der Waals surface area contributed by atoms with Gasteiger partial charge in [0.2, 0.25) is 0 Å². The Morgan fingerprint density at radius 3 is 1.86 bits per heavy atom. The molecule has 0 aromatic rings. The van der Waals surface area contributed by atoms with E-state index in [0.717, 1.165) is 0 Å². The van der Waals surface area contributed by atoms with Gasteiger partial charge in [0.15, 0.2) is 13.7 Å². The van der Waals surface area contributed by atoms with Gasteiger partial charge >= 0.3 is 11.9 Å². The number of allylic oxidation sites excluding steroid dienone is 4. The van der Waals surface area contributed by atoms with Gasteiger partial charge in [-0.1, -0.05) is 57.7 Å². The van der Waals surface area contributed by atoms with Crippen LogP contribution in [-0.4, -0.2) is 40.1 Å². The van der Waals surface area contributed by atoms with E-state index in [9.17, 15) is 9.59 Å². The van der Waals surface area contributed by atoms with Gasteiger partial charge in [-0.25, -0.2) is 0 Å². The zero-order chi connectivity index (χ0) is 21.8. The lowest BCUT2D eigenvalue weighted by Crippen LogP contribution is -2.42. The topological polar surface area (TPSA) is 61.8 Å². The van der Waals surface area contributed by atoms with Crippen LogP contribution in [0, 0.1) is 5.41 Å². The molecule has 6 heteroatoms. The van der Waals surface area contributed by atoms with E-state index < -0.39 is 25.7 Å². The predicted octanol–water partition coefficient (Wildman–Crippen LogP) is 5.20. The van der Waals surface area contributed by atoms with E-state index in [-0.39, 0.29) is 31.1 Å². The third-order valence-corrected chi connectivity index (χ3v) is 9.55. The van der Waals surface area contributed by atoms with E-state index in [4.69, 9.17) is 13.9 Å². The molecule has 0 atom stereocenters. The minimum Gasteiger partial charge on any atom is -0.465 e. The van der Waals surface area contributed by atoms with Crippen LogP contribution in [0.2, 0.25) is 18.1 Å². The highest BCUT2D eigenvalue weighted by Crippen LogP contribution is 2.36. The summed E-state index contributed by atoms with van der Waals surface area (Å²) < 4.78 is 16.5. The number of rotatable bonds is 12. The lowest BCUT2D eigenvalue weighted by molar-refractivity contribution is -0.171. The fourth-order valence-electron chi connectivity index (χ4n) is 2.23. The molecular weight excluding hydrogens is 372 g/mol. The van der Waals surface area contributed by atoms with E-state index in [1.165, 1.54) is 0 Å². The summed E-state index contributed by atoms with van der Waals surface area (Å²) in [6, 6.07) is 0. The van der Waals surface area contributed by atoms with E-state index in [2.05, 4.69) is 40.4 Å². The second kappa shape index (κ2) is 12.0. The number of ether oxygens (including phenoxy) is 2. The van der Waals surface area contributed by atoms with Gasteiger partial charge in [-0.3, -0.25) is 9.59 Å². The maximum atomic E-state index is 12.7. The molecular formula is C22H38O5Si. The van der Waals surface area contributed by atoms with Crippen molar-refractivity contribution >= 4 is 20.3 Å². The fourth-order valence-corrected chi connectivity index (χ4v) is 3.18. The Morgan fingerprint density at radius 1 is 0.929 bits per heavy atom. The van der Waals surface area contributed by atoms with Gasteiger partial charge in [-0.05, 0) is 44.8 Å². The monoisotopic (exact) mass is 410 g/mol. The molecule has 0 aliphatic carbocycles. The summed E-state index contributed by atoms with van der Waals surface area (Å²) >= 11 is 0. The minimum absolute atomic E-state index is 0.121. The van der Waals surface area contributed by atoms with Gasteiger partial charge in [0, 0.05) is 0 Å². The summed E-state index contributed by atoms with van der Waals surface area (Å²) in [6.45, 7) is 18.8. The Morgan fingerprint density at radius 2 is 1.43 bits per heavy atom. The summed E-state index contributed by atoms with van der Waals surface area (Å²) in [5.74, 6) is -1.14. The molecule has 0 bridgehead atoms. The second-order valence-electron chi connectivity index (χ2n) is 8.14. The van der Waals surface area contributed by atoms with Crippen molar-refractivity contribution in [2.45, 2.75) is 65.6 Å². The smallest absolute Gasteiger partial charge is 0.324 e. The highest BCUT2D eigenvalue weighted by atomic mass is 28.4. The Balaban J connectivity index is 5.43. The maximum absolute atomic E-state index is 12.7. The molecule has 0 aliphatic heterocycles. The van der Waals surface area contributed by atoms with Crippen LogP contribution in [0.1, 0.15) is 47.5 Å². The molecule has 0 aromatic heterocycles. The first kappa shape index (κ1) is 26.3. The third kappa shape index (κ3) is 7.76. The van der Waals surface area contributed by atoms with Crippen molar-refractivity contribution < 1.29 is 23.5 Å². The number of carbonyl (C=O) groups excluding carboxylic acids is 2. The summed E-state index contributed by atoms with van der Waals surface area (Å²) in [5, 5.41) is 0.121. The minimum atomic E-state index is -1.85. The number of hydrogen-bond donors (Lipinski definition) is 0. The fraction of sp³-hybridized carbons (Fsp3) is 0.636. The van der Waals surface area contributed by atoms with Crippen LogP contribution >= 0.6 is 0 Å². The van der Waals surface area contributed by atoms with Gasteiger partial charge in [0.1, 0.15) is 0 Å². The normalized spacial score (nSPS) is 13.1.